The molecule has 1 N–H and O–H groups in total. The Hall–Kier alpha value is -0.320. The molecule has 0 saturated carbocycles. The minimum atomic E-state index is 0. The van der Waals surface area contributed by atoms with Crippen molar-refractivity contribution in [3.8, 4) is 0 Å². The van der Waals surface area contributed by atoms with Crippen molar-refractivity contribution in [2.75, 3.05) is 33.9 Å². The van der Waals surface area contributed by atoms with Gasteiger partial charge in [-0.05, 0) is 19.4 Å². The largest absolute Gasteiger partial charge is 0.383 e. The first-order valence-electron chi connectivity index (χ1n) is 5.68. The van der Waals surface area contributed by atoms with Gasteiger partial charge < -0.3 is 15.0 Å². The van der Waals surface area contributed by atoms with Gasteiger partial charge in [-0.2, -0.15) is 0 Å². The zero-order valence-electron chi connectivity index (χ0n) is 10.4. The summed E-state index contributed by atoms with van der Waals surface area (Å²) in [5, 5.41) is 3.37. The van der Waals surface area contributed by atoms with Crippen LogP contribution < -0.4 is 5.32 Å². The Morgan fingerprint density at radius 1 is 1.56 bits per heavy atom. The molecular formula is C11H23ClN2O2. The molecule has 0 spiro atoms. The standard InChI is InChI=1S/C11H22N2O2.ClH/c1-4-10-9(5-6-12-10)11(14)13(2)7-8-15-3;/h9-10,12H,4-8H2,1-3H3;1H. The molecule has 0 bridgehead atoms. The van der Waals surface area contributed by atoms with Gasteiger partial charge in [0, 0.05) is 26.7 Å². The van der Waals surface area contributed by atoms with Crippen LogP contribution >= 0.6 is 12.4 Å². The molecular weight excluding hydrogens is 228 g/mol. The molecule has 16 heavy (non-hydrogen) atoms. The lowest BCUT2D eigenvalue weighted by molar-refractivity contribution is -0.135. The van der Waals surface area contributed by atoms with E-state index in [4.69, 9.17) is 4.74 Å². The highest BCUT2D eigenvalue weighted by Crippen LogP contribution is 2.20. The Kier molecular flexibility index (Phi) is 7.72. The Morgan fingerprint density at radius 2 is 2.25 bits per heavy atom. The number of nitrogens with one attached hydrogen (secondary N) is 1. The van der Waals surface area contributed by atoms with Crippen LogP contribution in [0, 0.1) is 5.92 Å². The fraction of sp³-hybridized carbons (Fsp3) is 0.909. The summed E-state index contributed by atoms with van der Waals surface area (Å²) in [5.74, 6) is 0.417. The van der Waals surface area contributed by atoms with E-state index >= 15 is 0 Å². The van der Waals surface area contributed by atoms with Crippen molar-refractivity contribution < 1.29 is 9.53 Å². The lowest BCUT2D eigenvalue weighted by Gasteiger charge is -2.24. The first-order chi connectivity index (χ1) is 7.20. The first kappa shape index (κ1) is 15.7. The summed E-state index contributed by atoms with van der Waals surface area (Å²) in [4.78, 5) is 13.8. The topological polar surface area (TPSA) is 41.6 Å². The second-order valence-electron chi connectivity index (χ2n) is 4.12. The number of nitrogens with zero attached hydrogens (tertiary/aromatic N) is 1. The Morgan fingerprint density at radius 3 is 2.81 bits per heavy atom. The van der Waals surface area contributed by atoms with Crippen molar-refractivity contribution in [2.24, 2.45) is 5.92 Å². The number of hydrogen-bond acceptors (Lipinski definition) is 3. The smallest absolute Gasteiger partial charge is 0.227 e. The van der Waals surface area contributed by atoms with Gasteiger partial charge in [-0.25, -0.2) is 0 Å². The summed E-state index contributed by atoms with van der Waals surface area (Å²) in [6, 6.07) is 0.363. The van der Waals surface area contributed by atoms with Crippen LogP contribution in [0.25, 0.3) is 0 Å². The van der Waals surface area contributed by atoms with E-state index in [0.717, 1.165) is 19.4 Å². The van der Waals surface area contributed by atoms with Crippen molar-refractivity contribution in [1.29, 1.82) is 0 Å². The third kappa shape index (κ3) is 3.92. The van der Waals surface area contributed by atoms with Gasteiger partial charge in [0.2, 0.25) is 5.91 Å². The number of likely N-dealkylation sites (N-methyl/N-ethyl adjacent to an activating group) is 1. The van der Waals surface area contributed by atoms with Crippen molar-refractivity contribution in [3.63, 3.8) is 0 Å². The number of rotatable bonds is 5. The SMILES string of the molecule is CCC1NCCC1C(=O)N(C)CCOC.Cl. The van der Waals surface area contributed by atoms with Gasteiger partial charge in [-0.3, -0.25) is 4.79 Å². The molecule has 0 aromatic rings. The van der Waals surface area contributed by atoms with Crippen molar-refractivity contribution in [1.82, 2.24) is 10.2 Å². The van der Waals surface area contributed by atoms with Gasteiger partial charge in [0.25, 0.3) is 0 Å². The maximum Gasteiger partial charge on any atom is 0.227 e. The lowest BCUT2D eigenvalue weighted by Crippen LogP contribution is -2.40. The molecule has 0 radical (unpaired) electrons. The summed E-state index contributed by atoms with van der Waals surface area (Å²) in [6.07, 6.45) is 1.99. The summed E-state index contributed by atoms with van der Waals surface area (Å²) in [6.45, 7) is 4.38. The summed E-state index contributed by atoms with van der Waals surface area (Å²) in [7, 11) is 3.51. The Bertz CT molecular complexity index is 214. The lowest BCUT2D eigenvalue weighted by atomic mass is 9.97. The van der Waals surface area contributed by atoms with E-state index in [1.54, 1.807) is 12.0 Å². The molecule has 5 heteroatoms. The summed E-state index contributed by atoms with van der Waals surface area (Å²) >= 11 is 0. The highest BCUT2D eigenvalue weighted by Gasteiger charge is 2.32. The molecule has 1 heterocycles. The van der Waals surface area contributed by atoms with Crippen molar-refractivity contribution >= 4 is 18.3 Å². The minimum absolute atomic E-state index is 0. The highest BCUT2D eigenvalue weighted by atomic mass is 35.5. The molecule has 2 unspecified atom stereocenters. The number of methoxy groups -OCH3 is 1. The maximum absolute atomic E-state index is 12.1. The number of hydrogen-bond donors (Lipinski definition) is 1. The molecule has 1 saturated heterocycles. The minimum Gasteiger partial charge on any atom is -0.383 e. The van der Waals surface area contributed by atoms with Crippen LogP contribution in [0.1, 0.15) is 19.8 Å². The van der Waals surface area contributed by atoms with Crippen molar-refractivity contribution in [3.05, 3.63) is 0 Å². The van der Waals surface area contributed by atoms with Crippen molar-refractivity contribution in [2.45, 2.75) is 25.8 Å². The highest BCUT2D eigenvalue weighted by molar-refractivity contribution is 5.85. The van der Waals surface area contributed by atoms with Crippen LogP contribution in [-0.4, -0.2) is 50.7 Å². The van der Waals surface area contributed by atoms with E-state index in [9.17, 15) is 4.79 Å². The predicted octanol–water partition coefficient (Wildman–Crippen LogP) is 0.901. The van der Waals surface area contributed by atoms with Gasteiger partial charge >= 0.3 is 0 Å². The van der Waals surface area contributed by atoms with Gasteiger partial charge in [0.1, 0.15) is 0 Å². The summed E-state index contributed by atoms with van der Waals surface area (Å²) in [5.41, 5.74) is 0. The van der Waals surface area contributed by atoms with E-state index in [2.05, 4.69) is 12.2 Å². The molecule has 1 aliphatic rings. The van der Waals surface area contributed by atoms with Crippen LogP contribution in [0.5, 0.6) is 0 Å². The van der Waals surface area contributed by atoms with Gasteiger partial charge in [0.05, 0.1) is 12.5 Å². The third-order valence-electron chi connectivity index (χ3n) is 3.11. The average Bonchev–Trinajstić information content (AvgIpc) is 2.72. The van der Waals surface area contributed by atoms with Gasteiger partial charge in [-0.1, -0.05) is 6.92 Å². The average molecular weight is 251 g/mol. The zero-order chi connectivity index (χ0) is 11.3. The number of amides is 1. The van der Waals surface area contributed by atoms with Crippen LogP contribution in [0.3, 0.4) is 0 Å². The Labute approximate surface area is 104 Å². The first-order valence-corrected chi connectivity index (χ1v) is 5.68. The molecule has 2 atom stereocenters. The van der Waals surface area contributed by atoms with Gasteiger partial charge in [-0.15, -0.1) is 12.4 Å². The van der Waals surface area contributed by atoms with E-state index in [0.29, 0.717) is 19.2 Å². The normalized spacial score (nSPS) is 23.9. The van der Waals surface area contributed by atoms with E-state index in [-0.39, 0.29) is 24.2 Å². The fourth-order valence-electron chi connectivity index (χ4n) is 2.11. The van der Waals surface area contributed by atoms with Crippen LogP contribution in [0.4, 0.5) is 0 Å². The fourth-order valence-corrected chi connectivity index (χ4v) is 2.11. The monoisotopic (exact) mass is 250 g/mol. The predicted molar refractivity (Wildman–Crippen MR) is 66.9 cm³/mol. The second-order valence-corrected chi connectivity index (χ2v) is 4.12. The summed E-state index contributed by atoms with van der Waals surface area (Å²) < 4.78 is 4.97. The van der Waals surface area contributed by atoms with Crippen LogP contribution in [0.15, 0.2) is 0 Å². The maximum atomic E-state index is 12.1. The number of ether oxygens (including phenoxy) is 1. The quantitative estimate of drug-likeness (QED) is 0.789. The third-order valence-corrected chi connectivity index (χ3v) is 3.11. The second kappa shape index (κ2) is 7.87. The molecule has 0 aromatic heterocycles. The molecule has 1 aliphatic heterocycles. The molecule has 1 rings (SSSR count). The Balaban J connectivity index is 0.00000225. The number of carbonyl (C=O) groups is 1. The van der Waals surface area contributed by atoms with E-state index < -0.39 is 0 Å². The molecule has 1 fully saturated rings. The molecule has 0 aliphatic carbocycles. The number of carbonyl (C=O) groups excluding carboxylic acids is 1. The van der Waals surface area contributed by atoms with E-state index in [1.165, 1.54) is 0 Å². The molecule has 4 nitrogen and oxygen atoms in total. The molecule has 0 aromatic carbocycles. The van der Waals surface area contributed by atoms with Gasteiger partial charge in [0.15, 0.2) is 0 Å². The number of halogens is 1. The molecule has 96 valence electrons. The van der Waals surface area contributed by atoms with Crippen LogP contribution in [-0.2, 0) is 9.53 Å². The molecule has 1 amide bonds. The van der Waals surface area contributed by atoms with Crippen LogP contribution in [0.2, 0.25) is 0 Å². The zero-order valence-corrected chi connectivity index (χ0v) is 11.2. The van der Waals surface area contributed by atoms with E-state index in [1.807, 2.05) is 7.05 Å².